The first kappa shape index (κ1) is 15.8. The fourth-order valence-electron chi connectivity index (χ4n) is 2.35. The highest BCUT2D eigenvalue weighted by Gasteiger charge is 2.15. The molecule has 0 aliphatic carbocycles. The number of carbonyl (C=O) groups is 2. The van der Waals surface area contributed by atoms with E-state index in [1.807, 2.05) is 0 Å². The second-order valence-corrected chi connectivity index (χ2v) is 5.58. The van der Waals surface area contributed by atoms with Crippen LogP contribution in [-0.2, 0) is 0 Å². The third kappa shape index (κ3) is 3.02. The van der Waals surface area contributed by atoms with E-state index in [0.717, 1.165) is 0 Å². The first-order valence-corrected chi connectivity index (χ1v) is 7.39. The van der Waals surface area contributed by atoms with Gasteiger partial charge in [-0.1, -0.05) is 29.8 Å². The maximum absolute atomic E-state index is 12.4. The van der Waals surface area contributed by atoms with Crippen molar-refractivity contribution in [2.24, 2.45) is 0 Å². The van der Waals surface area contributed by atoms with Crippen molar-refractivity contribution < 1.29 is 19.8 Å². The van der Waals surface area contributed by atoms with Crippen LogP contribution in [-0.4, -0.2) is 22.1 Å². The molecule has 24 heavy (non-hydrogen) atoms. The Balaban J connectivity index is 2.01. The van der Waals surface area contributed by atoms with Crippen LogP contribution in [0.1, 0.15) is 20.7 Å². The number of para-hydroxylation sites is 1. The molecule has 120 valence electrons. The largest absolute Gasteiger partial charge is 0.507 e. The molecule has 3 N–H and O–H groups in total. The second kappa shape index (κ2) is 6.22. The van der Waals surface area contributed by atoms with E-state index in [0.29, 0.717) is 21.5 Å². The summed E-state index contributed by atoms with van der Waals surface area (Å²) in [5.74, 6) is -1.80. The number of anilines is 1. The van der Waals surface area contributed by atoms with Crippen LogP contribution in [0.2, 0.25) is 5.02 Å². The number of aromatic hydroxyl groups is 1. The Labute approximate surface area is 142 Å². The zero-order chi connectivity index (χ0) is 17.3. The van der Waals surface area contributed by atoms with E-state index < -0.39 is 11.9 Å². The number of amides is 1. The number of fused-ring (bicyclic) bond motifs is 1. The van der Waals surface area contributed by atoms with Crippen LogP contribution < -0.4 is 5.32 Å². The van der Waals surface area contributed by atoms with Gasteiger partial charge in [-0.05, 0) is 47.2 Å². The standard InChI is InChI=1S/C18H12ClNO4/c19-14-3-1-2-4-15(14)20-17(22)13-8-12-7-11(18(23)24)6-5-10(12)9-16(13)21/h1-9,21H,(H,20,22)(H,23,24). The zero-order valence-electron chi connectivity index (χ0n) is 12.3. The Bertz CT molecular complexity index is 968. The van der Waals surface area contributed by atoms with Crippen LogP contribution in [0.3, 0.4) is 0 Å². The number of carboxylic acids is 1. The summed E-state index contributed by atoms with van der Waals surface area (Å²) in [5, 5.41) is 23.3. The molecule has 0 aliphatic rings. The van der Waals surface area contributed by atoms with Crippen molar-refractivity contribution in [1.82, 2.24) is 0 Å². The predicted molar refractivity (Wildman–Crippen MR) is 92.0 cm³/mol. The molecule has 1 amide bonds. The Morgan fingerprint density at radius 1 is 0.958 bits per heavy atom. The number of hydrogen-bond acceptors (Lipinski definition) is 3. The summed E-state index contributed by atoms with van der Waals surface area (Å²) in [6, 6.07) is 14.1. The monoisotopic (exact) mass is 341 g/mol. The summed E-state index contributed by atoms with van der Waals surface area (Å²) in [6.07, 6.45) is 0. The van der Waals surface area contributed by atoms with Crippen LogP contribution in [0.4, 0.5) is 5.69 Å². The van der Waals surface area contributed by atoms with E-state index in [4.69, 9.17) is 16.7 Å². The number of halogens is 1. The van der Waals surface area contributed by atoms with Gasteiger partial charge in [-0.15, -0.1) is 0 Å². The fourth-order valence-corrected chi connectivity index (χ4v) is 2.54. The van der Waals surface area contributed by atoms with Crippen molar-refractivity contribution >= 4 is 39.9 Å². The molecule has 0 saturated heterocycles. The van der Waals surface area contributed by atoms with Crippen molar-refractivity contribution in [2.45, 2.75) is 0 Å². The summed E-state index contributed by atoms with van der Waals surface area (Å²) in [4.78, 5) is 23.5. The van der Waals surface area contributed by atoms with E-state index in [9.17, 15) is 14.7 Å². The van der Waals surface area contributed by atoms with Crippen LogP contribution in [0.15, 0.2) is 54.6 Å². The zero-order valence-corrected chi connectivity index (χ0v) is 13.0. The number of phenols is 1. The second-order valence-electron chi connectivity index (χ2n) is 5.17. The molecule has 6 heteroatoms. The minimum atomic E-state index is -1.06. The van der Waals surface area contributed by atoms with Gasteiger partial charge in [-0.25, -0.2) is 4.79 Å². The third-order valence-corrected chi connectivity index (χ3v) is 3.90. The number of aromatic carboxylic acids is 1. The molecule has 0 bridgehead atoms. The molecular weight excluding hydrogens is 330 g/mol. The maximum Gasteiger partial charge on any atom is 0.335 e. The highest BCUT2D eigenvalue weighted by Crippen LogP contribution is 2.28. The highest BCUT2D eigenvalue weighted by molar-refractivity contribution is 6.34. The van der Waals surface area contributed by atoms with E-state index >= 15 is 0 Å². The average molecular weight is 342 g/mol. The van der Waals surface area contributed by atoms with Crippen molar-refractivity contribution in [3.05, 3.63) is 70.7 Å². The maximum atomic E-state index is 12.4. The van der Waals surface area contributed by atoms with Gasteiger partial charge in [0.25, 0.3) is 5.91 Å². The van der Waals surface area contributed by atoms with Crippen LogP contribution in [0, 0.1) is 0 Å². The number of carboxylic acid groups (broad SMARTS) is 1. The smallest absolute Gasteiger partial charge is 0.335 e. The van der Waals surface area contributed by atoms with Gasteiger partial charge in [0.1, 0.15) is 5.75 Å². The van der Waals surface area contributed by atoms with Crippen molar-refractivity contribution in [3.63, 3.8) is 0 Å². The molecule has 0 spiro atoms. The highest BCUT2D eigenvalue weighted by atomic mass is 35.5. The van der Waals surface area contributed by atoms with Crippen molar-refractivity contribution in [2.75, 3.05) is 5.32 Å². The van der Waals surface area contributed by atoms with Gasteiger partial charge in [0, 0.05) is 0 Å². The molecule has 0 radical (unpaired) electrons. The average Bonchev–Trinajstić information content (AvgIpc) is 2.55. The summed E-state index contributed by atoms with van der Waals surface area (Å²) < 4.78 is 0. The number of phenolic OH excluding ortho intramolecular Hbond substituents is 1. The summed E-state index contributed by atoms with van der Waals surface area (Å²) >= 11 is 6.00. The Kier molecular flexibility index (Phi) is 4.10. The lowest BCUT2D eigenvalue weighted by Crippen LogP contribution is -2.12. The number of benzene rings is 3. The molecule has 0 heterocycles. The molecule has 3 aromatic carbocycles. The molecule has 0 aromatic heterocycles. The van der Waals surface area contributed by atoms with Gasteiger partial charge in [-0.2, -0.15) is 0 Å². The van der Waals surface area contributed by atoms with Crippen LogP contribution >= 0.6 is 11.6 Å². The molecule has 0 saturated carbocycles. The number of hydrogen-bond donors (Lipinski definition) is 3. The molecule has 3 rings (SSSR count). The number of nitrogens with one attached hydrogen (secondary N) is 1. The number of carbonyl (C=O) groups excluding carboxylic acids is 1. The Hall–Kier alpha value is -3.05. The topological polar surface area (TPSA) is 86.6 Å². The van der Waals surface area contributed by atoms with Crippen molar-refractivity contribution in [3.8, 4) is 5.75 Å². The molecule has 5 nitrogen and oxygen atoms in total. The first-order valence-electron chi connectivity index (χ1n) is 7.01. The van der Waals surface area contributed by atoms with Gasteiger partial charge < -0.3 is 15.5 Å². The third-order valence-electron chi connectivity index (χ3n) is 3.57. The molecule has 0 atom stereocenters. The predicted octanol–water partition coefficient (Wildman–Crippen LogP) is 4.15. The molecule has 0 fully saturated rings. The molecule has 3 aromatic rings. The summed E-state index contributed by atoms with van der Waals surface area (Å²) in [6.45, 7) is 0. The SMILES string of the molecule is O=C(O)c1ccc2cc(O)c(C(=O)Nc3ccccc3Cl)cc2c1. The van der Waals surface area contributed by atoms with E-state index in [1.54, 1.807) is 30.3 Å². The van der Waals surface area contributed by atoms with Gasteiger partial charge in [0.05, 0.1) is 21.8 Å². The van der Waals surface area contributed by atoms with Gasteiger partial charge in [-0.3, -0.25) is 4.79 Å². The lowest BCUT2D eigenvalue weighted by Gasteiger charge is -2.10. The Morgan fingerprint density at radius 3 is 2.42 bits per heavy atom. The minimum Gasteiger partial charge on any atom is -0.507 e. The van der Waals surface area contributed by atoms with Gasteiger partial charge in [0.15, 0.2) is 0 Å². The van der Waals surface area contributed by atoms with Gasteiger partial charge >= 0.3 is 5.97 Å². The lowest BCUT2D eigenvalue weighted by atomic mass is 10.0. The van der Waals surface area contributed by atoms with E-state index in [2.05, 4.69) is 5.32 Å². The quantitative estimate of drug-likeness (QED) is 0.668. The van der Waals surface area contributed by atoms with Crippen molar-refractivity contribution in [1.29, 1.82) is 0 Å². The minimum absolute atomic E-state index is 0.0324. The lowest BCUT2D eigenvalue weighted by molar-refractivity contribution is 0.0697. The van der Waals surface area contributed by atoms with Crippen LogP contribution in [0.25, 0.3) is 10.8 Å². The van der Waals surface area contributed by atoms with E-state index in [1.165, 1.54) is 24.3 Å². The number of rotatable bonds is 3. The first-order chi connectivity index (χ1) is 11.5. The Morgan fingerprint density at radius 2 is 1.71 bits per heavy atom. The molecule has 0 unspecified atom stereocenters. The summed E-state index contributed by atoms with van der Waals surface area (Å²) in [5.41, 5.74) is 0.554. The summed E-state index contributed by atoms with van der Waals surface area (Å²) in [7, 11) is 0. The van der Waals surface area contributed by atoms with Crippen LogP contribution in [0.5, 0.6) is 5.75 Å². The fraction of sp³-hybridized carbons (Fsp3) is 0. The molecule has 0 aliphatic heterocycles. The van der Waals surface area contributed by atoms with E-state index in [-0.39, 0.29) is 16.9 Å². The molecular formula is C18H12ClNO4. The van der Waals surface area contributed by atoms with Gasteiger partial charge in [0.2, 0.25) is 0 Å². The normalized spacial score (nSPS) is 10.5.